The summed E-state index contributed by atoms with van der Waals surface area (Å²) in [5.74, 6) is -1.34. The monoisotopic (exact) mass is 251 g/mol. The number of carbonyl (C=O) groups is 1. The Labute approximate surface area is 106 Å². The first-order valence-electron chi connectivity index (χ1n) is 6.17. The summed E-state index contributed by atoms with van der Waals surface area (Å²) in [5.41, 5.74) is 11.6. The Kier molecular flexibility index (Phi) is 3.81. The number of primary amides is 1. The summed E-state index contributed by atoms with van der Waals surface area (Å²) >= 11 is 0. The molecule has 5 heteroatoms. The van der Waals surface area contributed by atoms with Gasteiger partial charge in [-0.1, -0.05) is 0 Å². The predicted molar refractivity (Wildman–Crippen MR) is 68.8 cm³/mol. The van der Waals surface area contributed by atoms with E-state index in [-0.39, 0.29) is 17.6 Å². The number of carbonyl (C=O) groups excluding carboxylic acids is 1. The summed E-state index contributed by atoms with van der Waals surface area (Å²) in [5, 5.41) is 3.28. The summed E-state index contributed by atoms with van der Waals surface area (Å²) in [6, 6.07) is 4.82. The zero-order chi connectivity index (χ0) is 13.1. The smallest absolute Gasteiger partial charge is 0.251 e. The van der Waals surface area contributed by atoms with E-state index in [2.05, 4.69) is 5.32 Å². The summed E-state index contributed by atoms with van der Waals surface area (Å²) in [6.45, 7) is 0. The SMILES string of the molecule is NC(=O)c1cc(NC2CCCC(N)C2)ccc1F. The molecule has 0 aliphatic heterocycles. The van der Waals surface area contributed by atoms with E-state index in [9.17, 15) is 9.18 Å². The van der Waals surface area contributed by atoms with Crippen LogP contribution in [0.1, 0.15) is 36.0 Å². The van der Waals surface area contributed by atoms with Crippen molar-refractivity contribution in [2.75, 3.05) is 5.32 Å². The third-order valence-electron chi connectivity index (χ3n) is 3.32. The van der Waals surface area contributed by atoms with Crippen LogP contribution in [0.2, 0.25) is 0 Å². The lowest BCUT2D eigenvalue weighted by atomic mass is 9.91. The third-order valence-corrected chi connectivity index (χ3v) is 3.32. The molecule has 1 aromatic carbocycles. The Bertz CT molecular complexity index is 450. The van der Waals surface area contributed by atoms with Gasteiger partial charge in [-0.3, -0.25) is 4.79 Å². The molecule has 4 nitrogen and oxygen atoms in total. The molecule has 2 unspecified atom stereocenters. The fourth-order valence-electron chi connectivity index (χ4n) is 2.40. The fraction of sp³-hybridized carbons (Fsp3) is 0.462. The van der Waals surface area contributed by atoms with Gasteiger partial charge in [-0.15, -0.1) is 0 Å². The summed E-state index contributed by atoms with van der Waals surface area (Å²) in [7, 11) is 0. The van der Waals surface area contributed by atoms with E-state index < -0.39 is 11.7 Å². The topological polar surface area (TPSA) is 81.1 Å². The number of rotatable bonds is 3. The molecule has 0 heterocycles. The number of hydrogen-bond donors (Lipinski definition) is 3. The van der Waals surface area contributed by atoms with E-state index in [1.54, 1.807) is 6.07 Å². The fourth-order valence-corrected chi connectivity index (χ4v) is 2.40. The van der Waals surface area contributed by atoms with Gasteiger partial charge in [-0.05, 0) is 43.9 Å². The first-order chi connectivity index (χ1) is 8.56. The van der Waals surface area contributed by atoms with Crippen molar-refractivity contribution in [2.24, 2.45) is 11.5 Å². The number of hydrogen-bond acceptors (Lipinski definition) is 3. The first kappa shape index (κ1) is 12.8. The second kappa shape index (κ2) is 5.35. The minimum atomic E-state index is -0.753. The molecular weight excluding hydrogens is 233 g/mol. The second-order valence-corrected chi connectivity index (χ2v) is 4.83. The molecule has 0 bridgehead atoms. The van der Waals surface area contributed by atoms with E-state index in [4.69, 9.17) is 11.5 Å². The Morgan fingerprint density at radius 2 is 2.17 bits per heavy atom. The lowest BCUT2D eigenvalue weighted by Gasteiger charge is -2.28. The molecular formula is C13H18FN3O. The molecule has 1 fully saturated rings. The van der Waals surface area contributed by atoms with Crippen molar-refractivity contribution in [3.05, 3.63) is 29.6 Å². The zero-order valence-electron chi connectivity index (χ0n) is 10.2. The quantitative estimate of drug-likeness (QED) is 0.763. The predicted octanol–water partition coefficient (Wildman–Crippen LogP) is 1.61. The molecule has 0 spiro atoms. The van der Waals surface area contributed by atoms with Crippen molar-refractivity contribution >= 4 is 11.6 Å². The van der Waals surface area contributed by atoms with Gasteiger partial charge in [0, 0.05) is 17.8 Å². The van der Waals surface area contributed by atoms with Crippen molar-refractivity contribution in [2.45, 2.75) is 37.8 Å². The Hall–Kier alpha value is -1.62. The molecule has 1 amide bonds. The van der Waals surface area contributed by atoms with Gasteiger partial charge in [-0.2, -0.15) is 0 Å². The molecule has 0 radical (unpaired) electrons. The second-order valence-electron chi connectivity index (χ2n) is 4.83. The van der Waals surface area contributed by atoms with Crippen LogP contribution in [0, 0.1) is 5.82 Å². The highest BCUT2D eigenvalue weighted by atomic mass is 19.1. The zero-order valence-corrected chi connectivity index (χ0v) is 10.2. The summed E-state index contributed by atoms with van der Waals surface area (Å²) in [6.07, 6.45) is 4.07. The molecule has 18 heavy (non-hydrogen) atoms. The average Bonchev–Trinajstić information content (AvgIpc) is 2.31. The van der Waals surface area contributed by atoms with E-state index in [1.165, 1.54) is 12.1 Å². The Morgan fingerprint density at radius 1 is 1.39 bits per heavy atom. The lowest BCUT2D eigenvalue weighted by molar-refractivity contribution is 0.0996. The molecule has 5 N–H and O–H groups in total. The van der Waals surface area contributed by atoms with Crippen LogP contribution in [0.3, 0.4) is 0 Å². The Morgan fingerprint density at radius 3 is 2.83 bits per heavy atom. The van der Waals surface area contributed by atoms with Gasteiger partial charge in [0.1, 0.15) is 5.82 Å². The van der Waals surface area contributed by atoms with Gasteiger partial charge >= 0.3 is 0 Å². The lowest BCUT2D eigenvalue weighted by Crippen LogP contribution is -2.34. The number of halogens is 1. The van der Waals surface area contributed by atoms with Crippen molar-refractivity contribution in [1.29, 1.82) is 0 Å². The molecule has 1 aliphatic rings. The molecule has 0 aromatic heterocycles. The standard InChI is InChI=1S/C13H18FN3O/c14-12-5-4-10(7-11(12)13(16)18)17-9-3-1-2-8(15)6-9/h4-5,7-9,17H,1-3,6,15H2,(H2,16,18). The van der Waals surface area contributed by atoms with Gasteiger partial charge in [0.25, 0.3) is 5.91 Å². The van der Waals surface area contributed by atoms with Gasteiger partial charge in [0.2, 0.25) is 0 Å². The van der Waals surface area contributed by atoms with Crippen LogP contribution in [0.25, 0.3) is 0 Å². The van der Waals surface area contributed by atoms with E-state index >= 15 is 0 Å². The van der Waals surface area contributed by atoms with Crippen molar-refractivity contribution < 1.29 is 9.18 Å². The van der Waals surface area contributed by atoms with E-state index in [1.807, 2.05) is 0 Å². The molecule has 0 saturated heterocycles. The molecule has 98 valence electrons. The maximum atomic E-state index is 13.3. The number of nitrogens with two attached hydrogens (primary N) is 2. The van der Waals surface area contributed by atoms with Crippen LogP contribution >= 0.6 is 0 Å². The Balaban J connectivity index is 2.09. The first-order valence-corrected chi connectivity index (χ1v) is 6.17. The molecule has 1 aromatic rings. The van der Waals surface area contributed by atoms with Gasteiger partial charge < -0.3 is 16.8 Å². The van der Waals surface area contributed by atoms with Gasteiger partial charge in [0.05, 0.1) is 5.56 Å². The van der Waals surface area contributed by atoms with E-state index in [0.717, 1.165) is 25.7 Å². The van der Waals surface area contributed by atoms with Crippen molar-refractivity contribution in [3.8, 4) is 0 Å². The van der Waals surface area contributed by atoms with Crippen LogP contribution in [0.4, 0.5) is 10.1 Å². The highest BCUT2D eigenvalue weighted by molar-refractivity contribution is 5.94. The number of amides is 1. The third kappa shape index (κ3) is 2.98. The highest BCUT2D eigenvalue weighted by Gasteiger charge is 2.19. The van der Waals surface area contributed by atoms with Crippen LogP contribution in [0.15, 0.2) is 18.2 Å². The molecule has 1 aliphatic carbocycles. The molecule has 1 saturated carbocycles. The normalized spacial score (nSPS) is 23.7. The van der Waals surface area contributed by atoms with Crippen LogP contribution in [-0.4, -0.2) is 18.0 Å². The van der Waals surface area contributed by atoms with Crippen LogP contribution in [-0.2, 0) is 0 Å². The minimum Gasteiger partial charge on any atom is -0.382 e. The molecule has 2 rings (SSSR count). The summed E-state index contributed by atoms with van der Waals surface area (Å²) in [4.78, 5) is 11.1. The van der Waals surface area contributed by atoms with Crippen molar-refractivity contribution in [3.63, 3.8) is 0 Å². The minimum absolute atomic E-state index is 0.0832. The number of anilines is 1. The van der Waals surface area contributed by atoms with Gasteiger partial charge in [0.15, 0.2) is 0 Å². The number of nitrogens with one attached hydrogen (secondary N) is 1. The van der Waals surface area contributed by atoms with E-state index in [0.29, 0.717) is 5.69 Å². The summed E-state index contributed by atoms with van der Waals surface area (Å²) < 4.78 is 13.3. The maximum Gasteiger partial charge on any atom is 0.251 e. The van der Waals surface area contributed by atoms with Crippen LogP contribution < -0.4 is 16.8 Å². The largest absolute Gasteiger partial charge is 0.382 e. The molecule has 2 atom stereocenters. The van der Waals surface area contributed by atoms with Crippen molar-refractivity contribution in [1.82, 2.24) is 0 Å². The van der Waals surface area contributed by atoms with Gasteiger partial charge in [-0.25, -0.2) is 4.39 Å². The highest BCUT2D eigenvalue weighted by Crippen LogP contribution is 2.22. The number of benzene rings is 1. The average molecular weight is 251 g/mol. The van der Waals surface area contributed by atoms with Crippen LogP contribution in [0.5, 0.6) is 0 Å². The maximum absolute atomic E-state index is 13.3.